The molecule has 1 atom stereocenters. The van der Waals surface area contributed by atoms with E-state index < -0.39 is 5.92 Å². The number of hydrogen-bond donors (Lipinski definition) is 1. The van der Waals surface area contributed by atoms with E-state index in [9.17, 15) is 10.1 Å². The van der Waals surface area contributed by atoms with Crippen LogP contribution in [0.1, 0.15) is 49.3 Å². The van der Waals surface area contributed by atoms with Crippen molar-refractivity contribution >= 4 is 5.78 Å². The highest BCUT2D eigenvalue weighted by atomic mass is 16.5. The lowest BCUT2D eigenvalue weighted by Gasteiger charge is -2.37. The Morgan fingerprint density at radius 2 is 1.96 bits per heavy atom. The van der Waals surface area contributed by atoms with E-state index in [4.69, 9.17) is 15.2 Å². The Kier molecular flexibility index (Phi) is 4.31. The van der Waals surface area contributed by atoms with Crippen LogP contribution in [-0.2, 0) is 9.53 Å². The number of carbonyl (C=O) groups is 1. The second kappa shape index (κ2) is 6.21. The van der Waals surface area contributed by atoms with Gasteiger partial charge in [-0.25, -0.2) is 0 Å². The van der Waals surface area contributed by atoms with E-state index in [1.54, 1.807) is 7.11 Å². The first-order chi connectivity index (χ1) is 12.2. The molecule has 0 fully saturated rings. The summed E-state index contributed by atoms with van der Waals surface area (Å²) >= 11 is 0. The van der Waals surface area contributed by atoms with Gasteiger partial charge in [0.1, 0.15) is 23.2 Å². The average Bonchev–Trinajstić information content (AvgIpc) is 2.54. The number of methoxy groups -OCH3 is 1. The molecule has 1 aliphatic carbocycles. The summed E-state index contributed by atoms with van der Waals surface area (Å²) < 4.78 is 11.1. The quantitative estimate of drug-likeness (QED) is 0.876. The van der Waals surface area contributed by atoms with Crippen molar-refractivity contribution in [3.63, 3.8) is 0 Å². The first kappa shape index (κ1) is 18.1. The van der Waals surface area contributed by atoms with Crippen LogP contribution in [0.15, 0.2) is 34.9 Å². The lowest BCUT2D eigenvalue weighted by Crippen LogP contribution is -2.33. The number of nitrogens with zero attached hydrogens (tertiary/aromatic N) is 1. The summed E-state index contributed by atoms with van der Waals surface area (Å²) in [4.78, 5) is 13.0. The minimum Gasteiger partial charge on any atom is -0.496 e. The number of hydrogen-bond acceptors (Lipinski definition) is 5. The Hall–Kier alpha value is -2.74. The molecule has 1 heterocycles. The van der Waals surface area contributed by atoms with Crippen LogP contribution >= 0.6 is 0 Å². The van der Waals surface area contributed by atoms with Crippen molar-refractivity contribution in [3.05, 3.63) is 51.6 Å². The van der Waals surface area contributed by atoms with Gasteiger partial charge in [-0.1, -0.05) is 19.9 Å². The molecule has 5 nitrogen and oxygen atoms in total. The molecule has 2 aliphatic rings. The third-order valence-electron chi connectivity index (χ3n) is 5.17. The number of rotatable bonds is 2. The van der Waals surface area contributed by atoms with E-state index in [1.165, 1.54) is 0 Å². The Morgan fingerprint density at radius 3 is 2.58 bits per heavy atom. The number of ketones is 1. The number of nitrogens with two attached hydrogens (primary N) is 1. The standard InChI is InChI=1S/C21H24N2O3/c1-11-7-16(25-5)12(2)6-13(11)18-14(10-22)20(23)26-17-9-21(3,4)8-15(24)19(17)18/h6-7,18H,8-9,23H2,1-5H3/t18-/m0/s1. The summed E-state index contributed by atoms with van der Waals surface area (Å²) in [5, 5.41) is 9.71. The second-order valence-electron chi connectivity index (χ2n) is 7.88. The van der Waals surface area contributed by atoms with Crippen LogP contribution in [0.4, 0.5) is 0 Å². The Balaban J connectivity index is 2.24. The molecular formula is C21H24N2O3. The zero-order valence-electron chi connectivity index (χ0n) is 15.9. The van der Waals surface area contributed by atoms with Crippen LogP contribution in [0.3, 0.4) is 0 Å². The third kappa shape index (κ3) is 2.86. The highest BCUT2D eigenvalue weighted by Gasteiger charge is 2.43. The minimum absolute atomic E-state index is 0.0226. The number of allylic oxidation sites excluding steroid dienone is 3. The summed E-state index contributed by atoms with van der Waals surface area (Å²) in [6, 6.07) is 6.08. The first-order valence-electron chi connectivity index (χ1n) is 8.67. The molecule has 1 aliphatic heterocycles. The maximum absolute atomic E-state index is 13.0. The van der Waals surface area contributed by atoms with Crippen molar-refractivity contribution in [2.45, 2.75) is 46.5 Å². The van der Waals surface area contributed by atoms with Gasteiger partial charge in [-0.15, -0.1) is 0 Å². The number of ether oxygens (including phenoxy) is 2. The van der Waals surface area contributed by atoms with Gasteiger partial charge in [0.25, 0.3) is 0 Å². The van der Waals surface area contributed by atoms with E-state index in [0.717, 1.165) is 22.4 Å². The highest BCUT2D eigenvalue weighted by Crippen LogP contribution is 2.48. The van der Waals surface area contributed by atoms with E-state index in [2.05, 4.69) is 6.07 Å². The molecule has 0 amide bonds. The molecule has 0 radical (unpaired) electrons. The average molecular weight is 352 g/mol. The molecule has 1 aromatic rings. The monoisotopic (exact) mass is 352 g/mol. The number of benzene rings is 1. The molecule has 0 unspecified atom stereocenters. The second-order valence-corrected chi connectivity index (χ2v) is 7.88. The van der Waals surface area contributed by atoms with E-state index in [-0.39, 0.29) is 17.1 Å². The van der Waals surface area contributed by atoms with Gasteiger partial charge in [-0.05, 0) is 42.0 Å². The van der Waals surface area contributed by atoms with E-state index >= 15 is 0 Å². The van der Waals surface area contributed by atoms with Crippen LogP contribution in [0, 0.1) is 30.6 Å². The third-order valence-corrected chi connectivity index (χ3v) is 5.17. The van der Waals surface area contributed by atoms with Gasteiger partial charge >= 0.3 is 0 Å². The van der Waals surface area contributed by atoms with Crippen molar-refractivity contribution in [1.82, 2.24) is 0 Å². The number of carbonyl (C=O) groups excluding carboxylic acids is 1. The maximum Gasteiger partial charge on any atom is 0.205 e. The van der Waals surface area contributed by atoms with E-state index in [1.807, 2.05) is 39.8 Å². The molecule has 5 heteroatoms. The van der Waals surface area contributed by atoms with Gasteiger partial charge in [0.2, 0.25) is 5.88 Å². The summed E-state index contributed by atoms with van der Waals surface area (Å²) in [5.41, 5.74) is 9.54. The minimum atomic E-state index is -0.489. The van der Waals surface area contributed by atoms with Gasteiger partial charge < -0.3 is 15.2 Å². The Bertz CT molecular complexity index is 901. The zero-order valence-corrected chi connectivity index (χ0v) is 15.9. The molecule has 136 valence electrons. The smallest absolute Gasteiger partial charge is 0.205 e. The van der Waals surface area contributed by atoms with Crippen molar-refractivity contribution in [3.8, 4) is 11.8 Å². The molecule has 26 heavy (non-hydrogen) atoms. The molecule has 0 spiro atoms. The molecule has 0 aromatic heterocycles. The number of nitriles is 1. The van der Waals surface area contributed by atoms with Crippen molar-refractivity contribution in [1.29, 1.82) is 5.26 Å². The predicted octanol–water partition coefficient (Wildman–Crippen LogP) is 3.76. The molecule has 2 N–H and O–H groups in total. The summed E-state index contributed by atoms with van der Waals surface area (Å²) in [6.45, 7) is 7.97. The van der Waals surface area contributed by atoms with Crippen LogP contribution in [0.25, 0.3) is 0 Å². The summed E-state index contributed by atoms with van der Waals surface area (Å²) in [7, 11) is 1.63. The van der Waals surface area contributed by atoms with Gasteiger partial charge in [0, 0.05) is 18.4 Å². The van der Waals surface area contributed by atoms with Gasteiger partial charge in [-0.2, -0.15) is 5.26 Å². The molecule has 0 saturated heterocycles. The Labute approximate surface area is 154 Å². The van der Waals surface area contributed by atoms with Gasteiger partial charge in [-0.3, -0.25) is 4.79 Å². The van der Waals surface area contributed by atoms with Gasteiger partial charge in [0.05, 0.1) is 13.0 Å². The van der Waals surface area contributed by atoms with Crippen molar-refractivity contribution in [2.75, 3.05) is 7.11 Å². The topological polar surface area (TPSA) is 85.3 Å². The lowest BCUT2D eigenvalue weighted by atomic mass is 9.69. The SMILES string of the molecule is COc1cc(C)c([C@H]2C(C#N)=C(N)OC3=C2C(=O)CC(C)(C)C3)cc1C. The highest BCUT2D eigenvalue weighted by molar-refractivity contribution is 6.00. The van der Waals surface area contributed by atoms with Crippen LogP contribution in [0.5, 0.6) is 5.75 Å². The normalized spacial score (nSPS) is 21.8. The first-order valence-corrected chi connectivity index (χ1v) is 8.67. The lowest BCUT2D eigenvalue weighted by molar-refractivity contribution is -0.119. The molecule has 0 bridgehead atoms. The predicted molar refractivity (Wildman–Crippen MR) is 98.2 cm³/mol. The van der Waals surface area contributed by atoms with Crippen LogP contribution in [-0.4, -0.2) is 12.9 Å². The molecule has 3 rings (SSSR count). The summed E-state index contributed by atoms with van der Waals surface area (Å²) in [6.07, 6.45) is 1.05. The maximum atomic E-state index is 13.0. The fraction of sp³-hybridized carbons (Fsp3) is 0.429. The number of Topliss-reactive ketones (excluding diaryl/α,β-unsaturated/α-hetero) is 1. The fourth-order valence-corrected chi connectivity index (χ4v) is 3.94. The molecule has 1 aromatic carbocycles. The van der Waals surface area contributed by atoms with Crippen molar-refractivity contribution in [2.24, 2.45) is 11.1 Å². The zero-order chi connectivity index (χ0) is 19.2. The fourth-order valence-electron chi connectivity index (χ4n) is 3.94. The molecule has 0 saturated carbocycles. The Morgan fingerprint density at radius 1 is 1.27 bits per heavy atom. The van der Waals surface area contributed by atoms with Crippen molar-refractivity contribution < 1.29 is 14.3 Å². The van der Waals surface area contributed by atoms with Gasteiger partial charge in [0.15, 0.2) is 5.78 Å². The number of aryl methyl sites for hydroxylation is 2. The summed E-state index contributed by atoms with van der Waals surface area (Å²) in [5.74, 6) is 1.00. The van der Waals surface area contributed by atoms with Crippen LogP contribution in [0.2, 0.25) is 0 Å². The molecular weight excluding hydrogens is 328 g/mol. The van der Waals surface area contributed by atoms with E-state index in [0.29, 0.717) is 29.7 Å². The largest absolute Gasteiger partial charge is 0.496 e. The van der Waals surface area contributed by atoms with Crippen LogP contribution < -0.4 is 10.5 Å².